The van der Waals surface area contributed by atoms with E-state index >= 15 is 0 Å². The van der Waals surface area contributed by atoms with Crippen LogP contribution in [0.2, 0.25) is 0 Å². The molecule has 0 fully saturated rings. The maximum atomic E-state index is 4.77. The number of benzene rings is 1. The van der Waals surface area contributed by atoms with Gasteiger partial charge in [-0.2, -0.15) is 0 Å². The summed E-state index contributed by atoms with van der Waals surface area (Å²) in [6.07, 6.45) is 5.07. The smallest absolute Gasteiger partial charge is 0.124 e. The van der Waals surface area contributed by atoms with E-state index in [2.05, 4.69) is 44.0 Å². The molecule has 0 amide bonds. The van der Waals surface area contributed by atoms with E-state index in [4.69, 9.17) is 4.98 Å². The van der Waals surface area contributed by atoms with Gasteiger partial charge in [0.15, 0.2) is 0 Å². The molecule has 3 rings (SSSR count). The second-order valence-electron chi connectivity index (χ2n) is 5.45. The van der Waals surface area contributed by atoms with Crippen molar-refractivity contribution in [1.82, 2.24) is 14.9 Å². The van der Waals surface area contributed by atoms with Crippen molar-refractivity contribution < 1.29 is 0 Å². The van der Waals surface area contributed by atoms with Gasteiger partial charge in [-0.1, -0.05) is 12.1 Å². The number of imidazole rings is 1. The first-order valence-electron chi connectivity index (χ1n) is 7.18. The van der Waals surface area contributed by atoms with E-state index in [1.54, 1.807) is 0 Å². The van der Waals surface area contributed by atoms with E-state index in [1.165, 1.54) is 42.4 Å². The van der Waals surface area contributed by atoms with Crippen LogP contribution in [0, 0.1) is 0 Å². The number of nitrogens with one attached hydrogen (secondary N) is 1. The standard InChI is InChI=1S/C16H20BrN3/c1-18-10-14-19-15(16(17)20(14)2)13-8-7-11-5-3-4-6-12(11)9-13/h7-9,18H,3-6,10H2,1-2H3. The van der Waals surface area contributed by atoms with Crippen molar-refractivity contribution in [3.8, 4) is 11.3 Å². The van der Waals surface area contributed by atoms with Crippen LogP contribution < -0.4 is 5.32 Å². The molecular weight excluding hydrogens is 314 g/mol. The van der Waals surface area contributed by atoms with Crippen molar-refractivity contribution in [2.45, 2.75) is 32.2 Å². The first-order chi connectivity index (χ1) is 9.70. The first-order valence-corrected chi connectivity index (χ1v) is 7.98. The van der Waals surface area contributed by atoms with Crippen LogP contribution in [0.4, 0.5) is 0 Å². The second-order valence-corrected chi connectivity index (χ2v) is 6.20. The maximum Gasteiger partial charge on any atom is 0.124 e. The van der Waals surface area contributed by atoms with Crippen LogP contribution >= 0.6 is 15.9 Å². The lowest BCUT2D eigenvalue weighted by molar-refractivity contribution is 0.686. The highest BCUT2D eigenvalue weighted by Crippen LogP contribution is 2.31. The third kappa shape index (κ3) is 2.42. The largest absolute Gasteiger partial charge is 0.324 e. The van der Waals surface area contributed by atoms with Crippen LogP contribution in [-0.2, 0) is 26.4 Å². The highest BCUT2D eigenvalue weighted by Gasteiger charge is 2.16. The molecule has 0 atom stereocenters. The van der Waals surface area contributed by atoms with Gasteiger partial charge >= 0.3 is 0 Å². The number of rotatable bonds is 3. The monoisotopic (exact) mass is 333 g/mol. The first kappa shape index (κ1) is 13.8. The van der Waals surface area contributed by atoms with E-state index in [0.29, 0.717) is 0 Å². The Kier molecular flexibility index (Phi) is 3.94. The van der Waals surface area contributed by atoms with E-state index in [-0.39, 0.29) is 0 Å². The minimum absolute atomic E-state index is 0.778. The van der Waals surface area contributed by atoms with Crippen LogP contribution in [0.25, 0.3) is 11.3 Å². The molecule has 1 heterocycles. The van der Waals surface area contributed by atoms with Crippen LogP contribution in [0.5, 0.6) is 0 Å². The Bertz CT molecular complexity index is 631. The summed E-state index contributed by atoms with van der Waals surface area (Å²) in [5, 5.41) is 3.16. The summed E-state index contributed by atoms with van der Waals surface area (Å²) in [6, 6.07) is 6.81. The lowest BCUT2D eigenvalue weighted by Crippen LogP contribution is -2.10. The maximum absolute atomic E-state index is 4.77. The average Bonchev–Trinajstić information content (AvgIpc) is 2.76. The van der Waals surface area contributed by atoms with Crippen molar-refractivity contribution in [3.05, 3.63) is 39.8 Å². The van der Waals surface area contributed by atoms with Crippen molar-refractivity contribution in [3.63, 3.8) is 0 Å². The molecule has 20 heavy (non-hydrogen) atoms. The molecule has 1 aromatic heterocycles. The second kappa shape index (κ2) is 5.70. The molecule has 1 aliphatic carbocycles. The van der Waals surface area contributed by atoms with Crippen molar-refractivity contribution >= 4 is 15.9 Å². The zero-order valence-electron chi connectivity index (χ0n) is 12.0. The Labute approximate surface area is 128 Å². The van der Waals surface area contributed by atoms with E-state index < -0.39 is 0 Å². The van der Waals surface area contributed by atoms with Crippen molar-refractivity contribution in [2.24, 2.45) is 7.05 Å². The Morgan fingerprint density at radius 1 is 1.25 bits per heavy atom. The number of fused-ring (bicyclic) bond motifs is 1. The number of nitrogens with zero attached hydrogens (tertiary/aromatic N) is 2. The molecule has 106 valence electrons. The van der Waals surface area contributed by atoms with Gasteiger partial charge in [-0.05, 0) is 65.9 Å². The minimum Gasteiger partial charge on any atom is -0.324 e. The molecule has 4 heteroatoms. The van der Waals surface area contributed by atoms with Crippen molar-refractivity contribution in [2.75, 3.05) is 7.05 Å². The quantitative estimate of drug-likeness (QED) is 0.932. The fraction of sp³-hybridized carbons (Fsp3) is 0.438. The molecule has 0 spiro atoms. The van der Waals surface area contributed by atoms with Crippen LogP contribution in [0.3, 0.4) is 0 Å². The summed E-state index contributed by atoms with van der Waals surface area (Å²) in [7, 11) is 3.99. The number of aryl methyl sites for hydroxylation is 2. The lowest BCUT2D eigenvalue weighted by atomic mass is 9.90. The fourth-order valence-electron chi connectivity index (χ4n) is 2.90. The molecule has 0 radical (unpaired) electrons. The topological polar surface area (TPSA) is 29.9 Å². The number of hydrogen-bond acceptors (Lipinski definition) is 2. The van der Waals surface area contributed by atoms with Gasteiger partial charge < -0.3 is 9.88 Å². The molecule has 0 unspecified atom stereocenters. The highest BCUT2D eigenvalue weighted by atomic mass is 79.9. The van der Waals surface area contributed by atoms with Gasteiger partial charge in [0, 0.05) is 12.6 Å². The zero-order chi connectivity index (χ0) is 14.1. The Balaban J connectivity index is 2.02. The molecule has 1 aromatic carbocycles. The van der Waals surface area contributed by atoms with Gasteiger partial charge in [0.1, 0.15) is 16.1 Å². The number of aromatic nitrogens is 2. The molecule has 0 bridgehead atoms. The zero-order valence-corrected chi connectivity index (χ0v) is 13.6. The molecule has 1 aliphatic rings. The number of halogens is 1. The lowest BCUT2D eigenvalue weighted by Gasteiger charge is -2.16. The molecule has 3 nitrogen and oxygen atoms in total. The van der Waals surface area contributed by atoms with E-state index in [9.17, 15) is 0 Å². The Hall–Kier alpha value is -1.13. The van der Waals surface area contributed by atoms with E-state index in [1.807, 2.05) is 14.1 Å². The Morgan fingerprint density at radius 2 is 2.00 bits per heavy atom. The van der Waals surface area contributed by atoms with Crippen LogP contribution in [0.15, 0.2) is 22.8 Å². The summed E-state index contributed by atoms with van der Waals surface area (Å²) in [5.41, 5.74) is 5.28. The van der Waals surface area contributed by atoms with E-state index in [0.717, 1.165) is 22.7 Å². The van der Waals surface area contributed by atoms with Gasteiger partial charge in [0.2, 0.25) is 0 Å². The summed E-state index contributed by atoms with van der Waals surface area (Å²) in [6.45, 7) is 0.778. The minimum atomic E-state index is 0.778. The third-order valence-electron chi connectivity index (χ3n) is 4.07. The summed E-state index contributed by atoms with van der Waals surface area (Å²) >= 11 is 3.68. The average molecular weight is 334 g/mol. The molecule has 0 saturated carbocycles. The predicted octanol–water partition coefficient (Wildman–Crippen LogP) is 3.45. The normalized spacial score (nSPS) is 14.3. The molecule has 2 aromatic rings. The molecular formula is C16H20BrN3. The molecule has 0 aliphatic heterocycles. The van der Waals surface area contributed by atoms with Gasteiger partial charge in [-0.15, -0.1) is 0 Å². The SMILES string of the molecule is CNCc1nc(-c2ccc3c(c2)CCCC3)c(Br)n1C. The summed E-state index contributed by atoms with van der Waals surface area (Å²) < 4.78 is 3.16. The molecule has 1 N–H and O–H groups in total. The fourth-order valence-corrected chi connectivity index (χ4v) is 3.43. The number of hydrogen-bond donors (Lipinski definition) is 1. The van der Waals surface area contributed by atoms with Gasteiger partial charge in [0.25, 0.3) is 0 Å². The van der Waals surface area contributed by atoms with Crippen molar-refractivity contribution in [1.29, 1.82) is 0 Å². The Morgan fingerprint density at radius 3 is 2.75 bits per heavy atom. The predicted molar refractivity (Wildman–Crippen MR) is 85.7 cm³/mol. The van der Waals surface area contributed by atoms with Gasteiger partial charge in [0.05, 0.1) is 6.54 Å². The third-order valence-corrected chi connectivity index (χ3v) is 4.98. The molecule has 0 saturated heterocycles. The summed E-state index contributed by atoms with van der Waals surface area (Å²) in [4.78, 5) is 4.77. The van der Waals surface area contributed by atoms with Gasteiger partial charge in [-0.3, -0.25) is 0 Å². The van der Waals surface area contributed by atoms with Crippen LogP contribution in [-0.4, -0.2) is 16.6 Å². The van der Waals surface area contributed by atoms with Crippen LogP contribution in [0.1, 0.15) is 29.8 Å². The summed E-state index contributed by atoms with van der Waals surface area (Å²) in [5.74, 6) is 1.05. The highest BCUT2D eigenvalue weighted by molar-refractivity contribution is 9.10. The van der Waals surface area contributed by atoms with Gasteiger partial charge in [-0.25, -0.2) is 4.98 Å².